The first-order valence-corrected chi connectivity index (χ1v) is 10.5. The van der Waals surface area contributed by atoms with Crippen molar-refractivity contribution >= 4 is 15.9 Å². The van der Waals surface area contributed by atoms with E-state index in [1.54, 1.807) is 26.4 Å². The summed E-state index contributed by atoms with van der Waals surface area (Å²) >= 11 is 3.52. The first-order chi connectivity index (χ1) is 14.6. The number of hydrogen-bond donors (Lipinski definition) is 1. The van der Waals surface area contributed by atoms with Gasteiger partial charge in [0.2, 0.25) is 0 Å². The van der Waals surface area contributed by atoms with Crippen LogP contribution in [-0.2, 0) is 19.6 Å². The summed E-state index contributed by atoms with van der Waals surface area (Å²) < 4.78 is 30.7. The Labute approximate surface area is 185 Å². The second kappa shape index (κ2) is 11.0. The third-order valence-corrected chi connectivity index (χ3v) is 5.18. The third kappa shape index (κ3) is 6.21. The maximum absolute atomic E-state index is 13.1. The predicted molar refractivity (Wildman–Crippen MR) is 120 cm³/mol. The minimum absolute atomic E-state index is 0.248. The average molecular weight is 474 g/mol. The molecule has 3 aromatic carbocycles. The van der Waals surface area contributed by atoms with Crippen LogP contribution in [0.25, 0.3) is 0 Å². The van der Waals surface area contributed by atoms with Gasteiger partial charge in [-0.15, -0.1) is 0 Å². The molecular weight excluding hydrogens is 449 g/mol. The van der Waals surface area contributed by atoms with E-state index in [2.05, 4.69) is 21.2 Å². The molecule has 0 amide bonds. The lowest BCUT2D eigenvalue weighted by molar-refractivity contribution is 0.302. The van der Waals surface area contributed by atoms with Crippen LogP contribution in [0.2, 0.25) is 0 Å². The molecule has 0 aliphatic rings. The Morgan fingerprint density at radius 1 is 0.833 bits per heavy atom. The lowest BCUT2D eigenvalue weighted by atomic mass is 10.1. The first kappa shape index (κ1) is 22.1. The highest BCUT2D eigenvalue weighted by Crippen LogP contribution is 2.28. The van der Waals surface area contributed by atoms with E-state index in [0.29, 0.717) is 13.2 Å². The molecule has 0 saturated heterocycles. The van der Waals surface area contributed by atoms with Crippen molar-refractivity contribution in [3.05, 3.63) is 87.6 Å². The van der Waals surface area contributed by atoms with Gasteiger partial charge >= 0.3 is 0 Å². The Hall–Kier alpha value is -2.57. The molecule has 3 aromatic rings. The highest BCUT2D eigenvalue weighted by Gasteiger charge is 2.07. The Morgan fingerprint density at radius 3 is 2.27 bits per heavy atom. The van der Waals surface area contributed by atoms with Gasteiger partial charge in [0.1, 0.15) is 18.2 Å². The van der Waals surface area contributed by atoms with Crippen molar-refractivity contribution in [2.45, 2.75) is 19.6 Å². The van der Waals surface area contributed by atoms with E-state index in [9.17, 15) is 4.39 Å². The van der Waals surface area contributed by atoms with Crippen molar-refractivity contribution in [3.8, 4) is 17.2 Å². The number of halogens is 2. The minimum atomic E-state index is -0.248. The number of benzene rings is 3. The van der Waals surface area contributed by atoms with E-state index >= 15 is 0 Å². The molecule has 30 heavy (non-hydrogen) atoms. The highest BCUT2D eigenvalue weighted by molar-refractivity contribution is 9.10. The molecule has 0 spiro atoms. The molecule has 0 aromatic heterocycles. The van der Waals surface area contributed by atoms with Gasteiger partial charge in [0.15, 0.2) is 11.5 Å². The molecule has 0 radical (unpaired) electrons. The summed E-state index contributed by atoms with van der Waals surface area (Å²) in [4.78, 5) is 0. The van der Waals surface area contributed by atoms with Gasteiger partial charge in [0.05, 0.1) is 14.2 Å². The summed E-state index contributed by atoms with van der Waals surface area (Å²) in [6.07, 6.45) is 0.861. The second-order valence-electron chi connectivity index (χ2n) is 6.78. The highest BCUT2D eigenvalue weighted by atomic mass is 79.9. The van der Waals surface area contributed by atoms with E-state index in [4.69, 9.17) is 14.2 Å². The SMILES string of the molecule is COc1ccc(CCNCc2cc(Br)ccc2OCc2ccc(F)cc2)cc1OC. The van der Waals surface area contributed by atoms with Gasteiger partial charge < -0.3 is 19.5 Å². The van der Waals surface area contributed by atoms with Crippen molar-refractivity contribution in [3.63, 3.8) is 0 Å². The Bertz CT molecular complexity index is 963. The van der Waals surface area contributed by atoms with Crippen LogP contribution in [0.15, 0.2) is 65.1 Å². The lowest BCUT2D eigenvalue weighted by Crippen LogP contribution is -2.17. The van der Waals surface area contributed by atoms with Gasteiger partial charge in [-0.3, -0.25) is 0 Å². The van der Waals surface area contributed by atoms with Gasteiger partial charge in [-0.2, -0.15) is 0 Å². The van der Waals surface area contributed by atoms with Crippen molar-refractivity contribution in [1.82, 2.24) is 5.32 Å². The average Bonchev–Trinajstić information content (AvgIpc) is 2.77. The van der Waals surface area contributed by atoms with Gasteiger partial charge in [-0.25, -0.2) is 4.39 Å². The normalized spacial score (nSPS) is 10.7. The summed E-state index contributed by atoms with van der Waals surface area (Å²) in [7, 11) is 3.27. The van der Waals surface area contributed by atoms with Crippen LogP contribution in [0, 0.1) is 5.82 Å². The summed E-state index contributed by atoms with van der Waals surface area (Å²) in [6, 6.07) is 18.2. The molecule has 0 bridgehead atoms. The predicted octanol–water partition coefficient (Wildman–Crippen LogP) is 5.52. The van der Waals surface area contributed by atoms with Gasteiger partial charge in [-0.05, 0) is 66.6 Å². The smallest absolute Gasteiger partial charge is 0.160 e. The number of methoxy groups -OCH3 is 2. The monoisotopic (exact) mass is 473 g/mol. The van der Waals surface area contributed by atoms with Crippen LogP contribution in [0.1, 0.15) is 16.7 Å². The quantitative estimate of drug-likeness (QED) is 0.393. The van der Waals surface area contributed by atoms with Crippen LogP contribution in [0.5, 0.6) is 17.2 Å². The van der Waals surface area contributed by atoms with Crippen LogP contribution < -0.4 is 19.5 Å². The topological polar surface area (TPSA) is 39.7 Å². The molecule has 0 heterocycles. The summed E-state index contributed by atoms with van der Waals surface area (Å²) in [5.74, 6) is 2.02. The second-order valence-corrected chi connectivity index (χ2v) is 7.70. The van der Waals surface area contributed by atoms with Crippen molar-refractivity contribution < 1.29 is 18.6 Å². The molecule has 3 rings (SSSR count). The van der Waals surface area contributed by atoms with E-state index in [1.165, 1.54) is 17.7 Å². The van der Waals surface area contributed by atoms with Crippen molar-refractivity contribution in [2.75, 3.05) is 20.8 Å². The number of hydrogen-bond acceptors (Lipinski definition) is 4. The van der Waals surface area contributed by atoms with Gasteiger partial charge in [0.25, 0.3) is 0 Å². The minimum Gasteiger partial charge on any atom is -0.493 e. The van der Waals surface area contributed by atoms with Crippen LogP contribution in [-0.4, -0.2) is 20.8 Å². The fourth-order valence-corrected chi connectivity index (χ4v) is 3.47. The molecule has 4 nitrogen and oxygen atoms in total. The first-order valence-electron chi connectivity index (χ1n) is 9.66. The largest absolute Gasteiger partial charge is 0.493 e. The fraction of sp³-hybridized carbons (Fsp3) is 0.250. The Morgan fingerprint density at radius 2 is 1.53 bits per heavy atom. The molecule has 158 valence electrons. The Kier molecular flexibility index (Phi) is 8.11. The molecule has 6 heteroatoms. The molecule has 1 N–H and O–H groups in total. The fourth-order valence-electron chi connectivity index (χ4n) is 3.06. The number of rotatable bonds is 10. The van der Waals surface area contributed by atoms with Gasteiger partial charge in [0, 0.05) is 16.6 Å². The molecular formula is C24H25BrFNO3. The number of nitrogens with one attached hydrogen (secondary N) is 1. The molecule has 0 aliphatic carbocycles. The summed E-state index contributed by atoms with van der Waals surface area (Å²) in [5, 5.41) is 3.47. The zero-order chi connectivity index (χ0) is 21.3. The summed E-state index contributed by atoms with van der Waals surface area (Å²) in [6.45, 7) is 1.87. The zero-order valence-corrected chi connectivity index (χ0v) is 18.7. The van der Waals surface area contributed by atoms with E-state index in [1.807, 2.05) is 36.4 Å². The third-order valence-electron chi connectivity index (χ3n) is 4.68. The van der Waals surface area contributed by atoms with Crippen molar-refractivity contribution in [2.24, 2.45) is 0 Å². The van der Waals surface area contributed by atoms with Crippen LogP contribution in [0.4, 0.5) is 4.39 Å². The maximum Gasteiger partial charge on any atom is 0.160 e. The van der Waals surface area contributed by atoms with E-state index in [0.717, 1.165) is 45.8 Å². The standard InChI is InChI=1S/C24H25BrFNO3/c1-28-23-9-5-17(13-24(23)29-2)11-12-27-15-19-14-20(25)6-10-22(19)30-16-18-3-7-21(26)8-4-18/h3-10,13-14,27H,11-12,15-16H2,1-2H3. The Balaban J connectivity index is 1.56. The molecule has 0 unspecified atom stereocenters. The number of ether oxygens (including phenoxy) is 3. The van der Waals surface area contributed by atoms with Gasteiger partial charge in [-0.1, -0.05) is 34.1 Å². The molecule has 0 fully saturated rings. The lowest BCUT2D eigenvalue weighted by Gasteiger charge is -2.14. The van der Waals surface area contributed by atoms with Crippen LogP contribution in [0.3, 0.4) is 0 Å². The van der Waals surface area contributed by atoms with Crippen molar-refractivity contribution in [1.29, 1.82) is 0 Å². The van der Waals surface area contributed by atoms with E-state index < -0.39 is 0 Å². The van der Waals surface area contributed by atoms with Crippen LogP contribution >= 0.6 is 15.9 Å². The molecule has 0 aliphatic heterocycles. The summed E-state index contributed by atoms with van der Waals surface area (Å²) in [5.41, 5.74) is 3.15. The van der Waals surface area contributed by atoms with E-state index in [-0.39, 0.29) is 5.82 Å². The zero-order valence-electron chi connectivity index (χ0n) is 17.1. The molecule has 0 atom stereocenters. The molecule has 0 saturated carbocycles. The maximum atomic E-state index is 13.1.